The highest BCUT2D eigenvalue weighted by atomic mass is 32.2. The third-order valence-electron chi connectivity index (χ3n) is 19.3. The molecule has 2 unspecified atom stereocenters. The van der Waals surface area contributed by atoms with Gasteiger partial charge in [-0.05, 0) is 179 Å². The molecule has 2 amide bonds. The summed E-state index contributed by atoms with van der Waals surface area (Å²) in [5.41, 5.74) is -9.01. The molecule has 2 saturated carbocycles. The summed E-state index contributed by atoms with van der Waals surface area (Å²) in [6.45, 7) is 4.32. The number of carbonyl (C=O) groups excluding carboxylic acids is 2. The Bertz CT molecular complexity index is 3470. The normalized spacial score (nSPS) is 29.4. The molecule has 12 nitrogen and oxygen atoms in total. The van der Waals surface area contributed by atoms with Gasteiger partial charge in [0.25, 0.3) is 0 Å². The molecule has 2 heterocycles. The zero-order valence-electron chi connectivity index (χ0n) is 46.3. The van der Waals surface area contributed by atoms with Crippen LogP contribution in [-0.4, -0.2) is 98.1 Å². The van der Waals surface area contributed by atoms with Gasteiger partial charge in [0.05, 0.1) is 33.7 Å². The van der Waals surface area contributed by atoms with Gasteiger partial charge in [0, 0.05) is 30.5 Å². The van der Waals surface area contributed by atoms with Gasteiger partial charge in [0.15, 0.2) is 19.7 Å². The van der Waals surface area contributed by atoms with Crippen LogP contribution >= 0.6 is 0 Å². The van der Waals surface area contributed by atoms with Gasteiger partial charge in [0.2, 0.25) is 23.2 Å². The number of carboxylic acids is 2. The van der Waals surface area contributed by atoms with Gasteiger partial charge in [-0.1, -0.05) is 50.2 Å². The minimum absolute atomic E-state index is 0.00727. The number of carboxylic acid groups (broad SMARTS) is 2. The number of likely N-dealkylation sites (tertiary alicyclic amines) is 2. The van der Waals surface area contributed by atoms with Gasteiger partial charge >= 0.3 is 24.3 Å². The van der Waals surface area contributed by atoms with Gasteiger partial charge < -0.3 is 20.0 Å². The quantitative estimate of drug-likeness (QED) is 0.114. The van der Waals surface area contributed by atoms with E-state index in [1.54, 1.807) is 13.0 Å². The van der Waals surface area contributed by atoms with Crippen molar-refractivity contribution < 1.29 is 90.1 Å². The maximum absolute atomic E-state index is 15.5. The van der Waals surface area contributed by atoms with E-state index < -0.39 is 123 Å². The number of aliphatic carboxylic acids is 2. The van der Waals surface area contributed by atoms with Crippen molar-refractivity contribution in [2.24, 2.45) is 35.5 Å². The first-order chi connectivity index (χ1) is 39.1. The van der Waals surface area contributed by atoms with Crippen LogP contribution in [-0.2, 0) is 72.5 Å². The Kier molecular flexibility index (Phi) is 16.4. The second-order valence-electron chi connectivity index (χ2n) is 24.0. The predicted molar refractivity (Wildman–Crippen MR) is 285 cm³/mol. The number of benzene rings is 4. The number of hydrogen-bond acceptors (Lipinski definition) is 8. The van der Waals surface area contributed by atoms with E-state index in [-0.39, 0.29) is 114 Å². The van der Waals surface area contributed by atoms with E-state index in [1.807, 2.05) is 6.92 Å². The summed E-state index contributed by atoms with van der Waals surface area (Å²) in [5.74, 6) is -7.29. The molecule has 4 fully saturated rings. The number of carbonyl (C=O) groups is 4. The summed E-state index contributed by atoms with van der Waals surface area (Å²) in [6.07, 6.45) is -8.58. The molecule has 2 aliphatic heterocycles. The minimum Gasteiger partial charge on any atom is -0.481 e. The van der Waals surface area contributed by atoms with E-state index in [4.69, 9.17) is 0 Å². The third-order valence-corrected chi connectivity index (χ3v) is 24.4. The van der Waals surface area contributed by atoms with Crippen molar-refractivity contribution in [2.45, 2.75) is 160 Å². The van der Waals surface area contributed by atoms with Gasteiger partial charge in [-0.15, -0.1) is 0 Å². The lowest BCUT2D eigenvalue weighted by Gasteiger charge is -2.44. The molecule has 24 heteroatoms. The third kappa shape index (κ3) is 10.2. The Balaban J connectivity index is 0.000000202. The smallest absolute Gasteiger partial charge is 0.426 e. The highest BCUT2D eigenvalue weighted by Crippen LogP contribution is 2.57. The number of halogens is 10. The molecule has 6 aliphatic rings. The number of sulfone groups is 2. The molecule has 0 spiro atoms. The number of hydrogen-bond donors (Lipinski definition) is 2. The van der Waals surface area contributed by atoms with E-state index in [1.165, 1.54) is 40.1 Å². The number of fused-ring (bicyclic) bond motifs is 6. The fourth-order valence-corrected chi connectivity index (χ4v) is 19.3. The number of nitrogens with zero attached hydrogens (tertiary/aromatic N) is 2. The van der Waals surface area contributed by atoms with Crippen molar-refractivity contribution in [2.75, 3.05) is 13.1 Å². The van der Waals surface area contributed by atoms with Gasteiger partial charge in [-0.25, -0.2) is 34.4 Å². The summed E-state index contributed by atoms with van der Waals surface area (Å²) in [7, 11) is -8.70. The first-order valence-corrected chi connectivity index (χ1v) is 30.9. The molecule has 0 aromatic heterocycles. The van der Waals surface area contributed by atoms with Crippen LogP contribution in [0.1, 0.15) is 125 Å². The largest absolute Gasteiger partial charge is 0.481 e. The van der Waals surface area contributed by atoms with Gasteiger partial charge in [-0.3, -0.25) is 19.2 Å². The summed E-state index contributed by atoms with van der Waals surface area (Å²) >= 11 is 0. The fraction of sp³-hybridized carbons (Fsp3) is 0.533. The molecule has 2 N–H and O–H groups in total. The van der Waals surface area contributed by atoms with Crippen LogP contribution in [0.4, 0.5) is 43.9 Å². The second kappa shape index (κ2) is 22.0. The van der Waals surface area contributed by atoms with Crippen LogP contribution < -0.4 is 0 Å². The lowest BCUT2D eigenvalue weighted by Crippen LogP contribution is -2.54. The number of amides is 2. The Labute approximate surface area is 479 Å². The van der Waals surface area contributed by atoms with Crippen molar-refractivity contribution in [1.29, 1.82) is 0 Å². The molecule has 12 atom stereocenters. The zero-order valence-corrected chi connectivity index (χ0v) is 47.9. The molecule has 4 aliphatic carbocycles. The number of rotatable bonds is 10. The van der Waals surface area contributed by atoms with Gasteiger partial charge in [-0.2, -0.15) is 26.3 Å². The predicted octanol–water partition coefficient (Wildman–Crippen LogP) is 11.9. The molecule has 4 aromatic carbocycles. The van der Waals surface area contributed by atoms with Gasteiger partial charge in [0.1, 0.15) is 21.1 Å². The van der Waals surface area contributed by atoms with E-state index in [2.05, 4.69) is 0 Å². The molecule has 0 bridgehead atoms. The molecule has 456 valence electrons. The summed E-state index contributed by atoms with van der Waals surface area (Å²) in [4.78, 5) is 53.7. The van der Waals surface area contributed by atoms with E-state index in [9.17, 15) is 85.7 Å². The molecular weight excluding hydrogens is 1160 g/mol. The summed E-state index contributed by atoms with van der Waals surface area (Å²) < 4.78 is 194. The standard InChI is InChI=1S/2C30H32F5NO5S/c1-17-15-19(27(38)39)3-10-23(17)26(37)36-14-13-29(42(40,41)22-8-6-21(31)7-9-22)24-11-5-20(28(2,32)30(33,34)35)16-18(24)4-12-25(29)36;1-17-14-19(27(38)39)8-10-21(17)26(37)36-13-12-29(42(40,41)20-6-4-3-5-7-20)22-16-24(31)23(28(2,32)30(33,34)35)15-18(22)9-11-25(29)36/h5-9,11,16-17,19,23,25H,3-4,10,12-15H2,1-2H3,(H,38,39);3-7,15-17,19,21,25H,8-14H2,1-2H3,(H,38,39)/t17-,19+,23+,25+,28?,29+;17-,19+,21+,25+,28?,29+/m00/s1. The van der Waals surface area contributed by atoms with Crippen LogP contribution in [0.3, 0.4) is 0 Å². The first-order valence-electron chi connectivity index (χ1n) is 27.9. The van der Waals surface area contributed by atoms with Crippen LogP contribution in [0.25, 0.3) is 0 Å². The minimum atomic E-state index is -5.40. The average molecular weight is 1230 g/mol. The highest BCUT2D eigenvalue weighted by Gasteiger charge is 2.65. The molecule has 2 saturated heterocycles. The van der Waals surface area contributed by atoms with Crippen LogP contribution in [0.2, 0.25) is 0 Å². The Morgan fingerprint density at radius 3 is 1.43 bits per heavy atom. The Morgan fingerprint density at radius 2 is 0.988 bits per heavy atom. The van der Waals surface area contributed by atoms with Crippen LogP contribution in [0, 0.1) is 47.1 Å². The van der Waals surface area contributed by atoms with Crippen molar-refractivity contribution in [1.82, 2.24) is 9.80 Å². The molecule has 84 heavy (non-hydrogen) atoms. The average Bonchev–Trinajstić information content (AvgIpc) is 1.44. The lowest BCUT2D eigenvalue weighted by molar-refractivity contribution is -0.229. The van der Waals surface area contributed by atoms with Crippen LogP contribution in [0.15, 0.2) is 94.7 Å². The summed E-state index contributed by atoms with van der Waals surface area (Å²) in [6, 6.07) is 14.6. The first kappa shape index (κ1) is 62.5. The van der Waals surface area contributed by atoms with Crippen molar-refractivity contribution >= 4 is 43.4 Å². The lowest BCUT2D eigenvalue weighted by atomic mass is 9.73. The maximum Gasteiger partial charge on any atom is 0.426 e. The highest BCUT2D eigenvalue weighted by molar-refractivity contribution is 7.92. The number of aryl methyl sites for hydroxylation is 2. The van der Waals surface area contributed by atoms with Crippen molar-refractivity contribution in [3.63, 3.8) is 0 Å². The van der Waals surface area contributed by atoms with Crippen LogP contribution in [0.5, 0.6) is 0 Å². The summed E-state index contributed by atoms with van der Waals surface area (Å²) in [5, 5.41) is 18.9. The fourth-order valence-electron chi connectivity index (χ4n) is 14.6. The zero-order chi connectivity index (χ0) is 61.7. The van der Waals surface area contributed by atoms with E-state index in [0.717, 1.165) is 48.5 Å². The molecule has 0 radical (unpaired) electrons. The molecule has 10 rings (SSSR count). The maximum atomic E-state index is 15.5. The second-order valence-corrected chi connectivity index (χ2v) is 28.4. The number of alkyl halides is 8. The monoisotopic (exact) mass is 1230 g/mol. The van der Waals surface area contributed by atoms with E-state index in [0.29, 0.717) is 45.4 Å². The van der Waals surface area contributed by atoms with Crippen molar-refractivity contribution in [3.05, 3.63) is 130 Å². The Morgan fingerprint density at radius 1 is 0.548 bits per heavy atom. The van der Waals surface area contributed by atoms with Crippen molar-refractivity contribution in [3.8, 4) is 0 Å². The SMILES string of the molecule is C[C@H]1C[C@H](C(=O)O)CC[C@H]1C(=O)N1CC[C@@]2(S(=O)(=O)c3ccc(F)cc3)c3ccc(C(C)(F)C(F)(F)F)cc3CC[C@@H]12.C[C@H]1C[C@H](C(=O)O)CC[C@H]1C(=O)N1CC[C@@]2(S(=O)(=O)c3ccccc3)c3cc(F)c(C(C)(F)C(F)(F)F)cc3CC[C@@H]12. The van der Waals surface area contributed by atoms with E-state index >= 15 is 4.39 Å². The Hall–Kier alpha value is -6.04. The molecule has 4 aromatic rings. The topological polar surface area (TPSA) is 183 Å². The molecular formula is C60H64F10N2O10S2.